The molecule has 2 aromatic carbocycles. The first-order chi connectivity index (χ1) is 10.2. The van der Waals surface area contributed by atoms with E-state index in [1.54, 1.807) is 6.20 Å². The summed E-state index contributed by atoms with van der Waals surface area (Å²) in [6, 6.07) is 13.8. The van der Waals surface area contributed by atoms with Crippen molar-refractivity contribution in [1.29, 1.82) is 0 Å². The lowest BCUT2D eigenvalue weighted by atomic mass is 9.95. The number of nitrogens with one attached hydrogen (secondary N) is 1. The molecule has 0 saturated heterocycles. The van der Waals surface area contributed by atoms with Crippen LogP contribution in [-0.2, 0) is 0 Å². The number of hydrogen-bond acceptors (Lipinski definition) is 3. The van der Waals surface area contributed by atoms with E-state index in [2.05, 4.69) is 32.4 Å². The Morgan fingerprint density at radius 2 is 2.05 bits per heavy atom. The van der Waals surface area contributed by atoms with E-state index in [9.17, 15) is 0 Å². The summed E-state index contributed by atoms with van der Waals surface area (Å²) in [6.45, 7) is 0. The minimum atomic E-state index is -0.137. The van der Waals surface area contributed by atoms with E-state index in [4.69, 9.17) is 17.4 Å². The Bertz CT molecular complexity index is 786. The van der Waals surface area contributed by atoms with Crippen LogP contribution >= 0.6 is 27.5 Å². The Balaban J connectivity index is 2.16. The molecule has 3 rings (SSSR count). The minimum absolute atomic E-state index is 0.137. The van der Waals surface area contributed by atoms with Crippen molar-refractivity contribution in [2.45, 2.75) is 6.04 Å². The summed E-state index contributed by atoms with van der Waals surface area (Å²) in [6.07, 6.45) is 3.63. The van der Waals surface area contributed by atoms with Gasteiger partial charge in [-0.05, 0) is 50.6 Å². The molecule has 21 heavy (non-hydrogen) atoms. The summed E-state index contributed by atoms with van der Waals surface area (Å²) in [5.74, 6) is 5.80. The number of halogens is 2. The quantitative estimate of drug-likeness (QED) is 0.542. The van der Waals surface area contributed by atoms with Crippen LogP contribution in [0.15, 0.2) is 59.3 Å². The van der Waals surface area contributed by atoms with Gasteiger partial charge in [-0.25, -0.2) is 5.43 Å². The smallest absolute Gasteiger partial charge is 0.0716 e. The zero-order valence-corrected chi connectivity index (χ0v) is 13.4. The second-order valence-corrected chi connectivity index (χ2v) is 5.98. The summed E-state index contributed by atoms with van der Waals surface area (Å²) >= 11 is 9.60. The topological polar surface area (TPSA) is 50.9 Å². The molecule has 1 heterocycles. The third-order valence-corrected chi connectivity index (χ3v) is 4.70. The molecule has 0 amide bonds. The zero-order valence-electron chi connectivity index (χ0n) is 11.1. The van der Waals surface area contributed by atoms with E-state index in [1.165, 1.54) is 0 Å². The van der Waals surface area contributed by atoms with Gasteiger partial charge in [-0.2, -0.15) is 0 Å². The van der Waals surface area contributed by atoms with Crippen LogP contribution in [0, 0.1) is 0 Å². The predicted octanol–water partition coefficient (Wildman–Crippen LogP) is 4.20. The van der Waals surface area contributed by atoms with Crippen LogP contribution in [0.25, 0.3) is 10.8 Å². The minimum Gasteiger partial charge on any atom is -0.271 e. The molecule has 0 bridgehead atoms. The number of nitrogens with two attached hydrogens (primary N) is 1. The molecule has 0 radical (unpaired) electrons. The van der Waals surface area contributed by atoms with Crippen LogP contribution in [0.5, 0.6) is 0 Å². The number of hydrogen-bond donors (Lipinski definition) is 2. The molecule has 1 unspecified atom stereocenters. The Kier molecular flexibility index (Phi) is 4.22. The third kappa shape index (κ3) is 2.80. The molecule has 3 N–H and O–H groups in total. The second-order valence-electron chi connectivity index (χ2n) is 4.72. The van der Waals surface area contributed by atoms with E-state index >= 15 is 0 Å². The third-order valence-electron chi connectivity index (χ3n) is 3.47. The molecule has 0 spiro atoms. The number of pyridine rings is 1. The highest BCUT2D eigenvalue weighted by Gasteiger charge is 2.16. The molecule has 0 fully saturated rings. The van der Waals surface area contributed by atoms with Crippen molar-refractivity contribution in [3.05, 3.63) is 75.5 Å². The van der Waals surface area contributed by atoms with Crippen LogP contribution in [0.1, 0.15) is 17.2 Å². The van der Waals surface area contributed by atoms with E-state index in [0.29, 0.717) is 5.02 Å². The first kappa shape index (κ1) is 14.5. The van der Waals surface area contributed by atoms with E-state index < -0.39 is 0 Å². The highest BCUT2D eigenvalue weighted by atomic mass is 79.9. The maximum atomic E-state index is 6.20. The Hall–Kier alpha value is -1.46. The maximum absolute atomic E-state index is 6.20. The fourth-order valence-corrected chi connectivity index (χ4v) is 2.89. The van der Waals surface area contributed by atoms with Crippen LogP contribution in [0.2, 0.25) is 5.02 Å². The number of fused-ring (bicyclic) bond motifs is 1. The van der Waals surface area contributed by atoms with Crippen LogP contribution < -0.4 is 11.3 Å². The number of hydrazine groups is 1. The van der Waals surface area contributed by atoms with Gasteiger partial charge in [0.2, 0.25) is 0 Å². The highest BCUT2D eigenvalue weighted by molar-refractivity contribution is 9.10. The first-order valence-electron chi connectivity index (χ1n) is 6.44. The van der Waals surface area contributed by atoms with Crippen molar-refractivity contribution in [2.75, 3.05) is 0 Å². The number of benzene rings is 2. The van der Waals surface area contributed by atoms with Crippen molar-refractivity contribution < 1.29 is 0 Å². The van der Waals surface area contributed by atoms with Crippen molar-refractivity contribution >= 4 is 38.3 Å². The molecule has 0 saturated carbocycles. The van der Waals surface area contributed by atoms with Gasteiger partial charge in [0.05, 0.1) is 11.1 Å². The molecule has 0 aliphatic heterocycles. The zero-order chi connectivity index (χ0) is 14.8. The van der Waals surface area contributed by atoms with Crippen LogP contribution in [0.4, 0.5) is 0 Å². The van der Waals surface area contributed by atoms with Crippen molar-refractivity contribution in [3.63, 3.8) is 0 Å². The van der Waals surface area contributed by atoms with Gasteiger partial charge in [0.1, 0.15) is 0 Å². The van der Waals surface area contributed by atoms with E-state index in [1.807, 2.05) is 42.6 Å². The predicted molar refractivity (Wildman–Crippen MR) is 90.1 cm³/mol. The Morgan fingerprint density at radius 3 is 2.81 bits per heavy atom. The van der Waals surface area contributed by atoms with Gasteiger partial charge >= 0.3 is 0 Å². The first-order valence-corrected chi connectivity index (χ1v) is 7.61. The van der Waals surface area contributed by atoms with E-state index in [0.717, 1.165) is 26.4 Å². The lowest BCUT2D eigenvalue weighted by molar-refractivity contribution is 0.641. The molecule has 0 aliphatic carbocycles. The Labute approximate surface area is 136 Å². The van der Waals surface area contributed by atoms with Crippen LogP contribution in [0.3, 0.4) is 0 Å². The van der Waals surface area contributed by atoms with Crippen molar-refractivity contribution in [2.24, 2.45) is 5.84 Å². The largest absolute Gasteiger partial charge is 0.271 e. The fourth-order valence-electron chi connectivity index (χ4n) is 2.46. The average molecular weight is 363 g/mol. The lowest BCUT2D eigenvalue weighted by Gasteiger charge is -2.19. The number of aromatic nitrogens is 1. The molecular formula is C16H13BrClN3. The summed E-state index contributed by atoms with van der Waals surface area (Å²) in [4.78, 5) is 4.16. The average Bonchev–Trinajstić information content (AvgIpc) is 2.52. The lowest BCUT2D eigenvalue weighted by Crippen LogP contribution is -2.29. The summed E-state index contributed by atoms with van der Waals surface area (Å²) < 4.78 is 0.866. The van der Waals surface area contributed by atoms with Crippen molar-refractivity contribution in [1.82, 2.24) is 10.4 Å². The molecule has 106 valence electrons. The second kappa shape index (κ2) is 6.12. The summed E-state index contributed by atoms with van der Waals surface area (Å²) in [5, 5.41) is 2.86. The normalized spacial score (nSPS) is 12.5. The fraction of sp³-hybridized carbons (Fsp3) is 0.0625. The number of nitrogens with zero attached hydrogens (tertiary/aromatic N) is 1. The van der Waals surface area contributed by atoms with Gasteiger partial charge in [0, 0.05) is 22.3 Å². The molecule has 1 atom stereocenters. The summed E-state index contributed by atoms with van der Waals surface area (Å²) in [7, 11) is 0. The van der Waals surface area contributed by atoms with Crippen molar-refractivity contribution in [3.8, 4) is 0 Å². The van der Waals surface area contributed by atoms with Gasteiger partial charge in [-0.3, -0.25) is 10.8 Å². The molecule has 5 heteroatoms. The maximum Gasteiger partial charge on any atom is 0.0716 e. The molecule has 1 aromatic heterocycles. The summed E-state index contributed by atoms with van der Waals surface area (Å²) in [5.41, 5.74) is 4.98. The monoisotopic (exact) mass is 361 g/mol. The van der Waals surface area contributed by atoms with Gasteiger partial charge in [-0.1, -0.05) is 35.9 Å². The van der Waals surface area contributed by atoms with Gasteiger partial charge < -0.3 is 0 Å². The molecule has 3 aromatic rings. The molecule has 0 aliphatic rings. The number of rotatable bonds is 3. The molecule has 3 nitrogen and oxygen atoms in total. The SMILES string of the molecule is NNC(c1ccc(Br)c(Cl)c1)c1cccc2cnccc12. The Morgan fingerprint density at radius 1 is 1.19 bits per heavy atom. The molecular weight excluding hydrogens is 350 g/mol. The van der Waals surface area contributed by atoms with Gasteiger partial charge in [-0.15, -0.1) is 0 Å². The van der Waals surface area contributed by atoms with Gasteiger partial charge in [0.15, 0.2) is 0 Å². The standard InChI is InChI=1S/C16H13BrClN3/c17-14-5-4-10(8-15(14)18)16(21-19)13-3-1-2-11-9-20-7-6-12(11)13/h1-9,16,21H,19H2. The van der Waals surface area contributed by atoms with Crippen LogP contribution in [-0.4, -0.2) is 4.98 Å². The highest BCUT2D eigenvalue weighted by Crippen LogP contribution is 2.31. The van der Waals surface area contributed by atoms with Gasteiger partial charge in [0.25, 0.3) is 0 Å². The van der Waals surface area contributed by atoms with E-state index in [-0.39, 0.29) is 6.04 Å².